The van der Waals surface area contributed by atoms with Crippen LogP contribution in [0.15, 0.2) is 35.4 Å². The molecule has 1 aromatic carbocycles. The van der Waals surface area contributed by atoms with E-state index in [0.29, 0.717) is 43.6 Å². The number of hydrogen-bond acceptors (Lipinski definition) is 5. The van der Waals surface area contributed by atoms with Crippen molar-refractivity contribution in [2.24, 2.45) is 0 Å². The summed E-state index contributed by atoms with van der Waals surface area (Å²) in [7, 11) is 0. The fourth-order valence-electron chi connectivity index (χ4n) is 6.32. The van der Waals surface area contributed by atoms with Crippen LogP contribution in [-0.4, -0.2) is 73.2 Å². The molecule has 5 nitrogen and oxygen atoms in total. The Hall–Kier alpha value is -2.09. The highest BCUT2D eigenvalue weighted by Gasteiger charge is 2.47. The summed E-state index contributed by atoms with van der Waals surface area (Å²) in [6.07, 6.45) is 11.9. The van der Waals surface area contributed by atoms with Crippen molar-refractivity contribution in [3.63, 3.8) is 0 Å². The first-order valence-electron chi connectivity index (χ1n) is 14.7. The number of likely N-dealkylation sites (tertiary alicyclic amines) is 1. The number of rotatable bonds is 11. The Bertz CT molecular complexity index is 1030. The number of anilines is 1. The molecule has 1 saturated carbocycles. The van der Waals surface area contributed by atoms with Crippen LogP contribution in [0.3, 0.4) is 0 Å². The van der Waals surface area contributed by atoms with E-state index in [0.717, 1.165) is 63.0 Å². The van der Waals surface area contributed by atoms with Crippen LogP contribution >= 0.6 is 0 Å². The zero-order valence-corrected chi connectivity index (χ0v) is 23.5. The lowest BCUT2D eigenvalue weighted by molar-refractivity contribution is 0.117. The Morgan fingerprint density at radius 3 is 2.66 bits per heavy atom. The highest BCUT2D eigenvalue weighted by molar-refractivity contribution is 5.88. The number of nitrogens with one attached hydrogen (secondary N) is 2. The molecular formula is C31H47F2N5. The molecule has 4 aliphatic rings. The van der Waals surface area contributed by atoms with E-state index in [9.17, 15) is 4.39 Å². The summed E-state index contributed by atoms with van der Waals surface area (Å²) in [5.41, 5.74) is 11.6. The minimum absolute atomic E-state index is 0.0000741. The lowest BCUT2D eigenvalue weighted by atomic mass is 9.79. The highest BCUT2D eigenvalue weighted by atomic mass is 19.1. The predicted molar refractivity (Wildman–Crippen MR) is 155 cm³/mol. The fourth-order valence-corrected chi connectivity index (χ4v) is 6.32. The van der Waals surface area contributed by atoms with Crippen molar-refractivity contribution < 1.29 is 8.78 Å². The van der Waals surface area contributed by atoms with E-state index >= 15 is 4.39 Å². The van der Waals surface area contributed by atoms with Crippen LogP contribution in [0.5, 0.6) is 0 Å². The second-order valence-corrected chi connectivity index (χ2v) is 11.2. The summed E-state index contributed by atoms with van der Waals surface area (Å²) in [6, 6.07) is 4.77. The van der Waals surface area contributed by atoms with Gasteiger partial charge in [0.15, 0.2) is 0 Å². The summed E-state index contributed by atoms with van der Waals surface area (Å²) in [5, 5.41) is 11.8. The highest BCUT2D eigenvalue weighted by Crippen LogP contribution is 2.47. The third-order valence-corrected chi connectivity index (χ3v) is 8.35. The molecule has 2 fully saturated rings. The van der Waals surface area contributed by atoms with Gasteiger partial charge in [-0.1, -0.05) is 45.4 Å². The largest absolute Gasteiger partial charge is 0.398 e. The minimum atomic E-state index is -1.06. The van der Waals surface area contributed by atoms with Crippen LogP contribution in [0.2, 0.25) is 0 Å². The molecule has 4 N–H and O–H groups in total. The normalized spacial score (nSPS) is 24.9. The second-order valence-electron chi connectivity index (χ2n) is 11.2. The van der Waals surface area contributed by atoms with Crippen LogP contribution < -0.4 is 11.1 Å². The SMILES string of the molecule is CC.CCCC1=CC(NC2CN(CCCF)C2)CC=C1C1c2ccc(N)c(C=N)c2CCN1CC1(F)CC1. The molecular weight excluding hydrogens is 480 g/mol. The Balaban J connectivity index is 0.00000164. The molecule has 38 heavy (non-hydrogen) atoms. The third kappa shape index (κ3) is 6.37. The van der Waals surface area contributed by atoms with E-state index in [1.165, 1.54) is 22.9 Å². The maximum Gasteiger partial charge on any atom is 0.123 e. The van der Waals surface area contributed by atoms with Crippen LogP contribution in [0.1, 0.15) is 82.0 Å². The van der Waals surface area contributed by atoms with Crippen molar-refractivity contribution in [2.75, 3.05) is 45.1 Å². The van der Waals surface area contributed by atoms with Crippen molar-refractivity contribution in [3.05, 3.63) is 52.1 Å². The van der Waals surface area contributed by atoms with Gasteiger partial charge in [-0.25, -0.2) is 4.39 Å². The number of nitrogens with zero attached hydrogens (tertiary/aromatic N) is 2. The van der Waals surface area contributed by atoms with Crippen LogP contribution in [0, 0.1) is 5.41 Å². The molecule has 1 saturated heterocycles. The average molecular weight is 528 g/mol. The summed E-state index contributed by atoms with van der Waals surface area (Å²) in [6.45, 7) is 10.0. The molecule has 7 heteroatoms. The molecule has 0 spiro atoms. The zero-order valence-electron chi connectivity index (χ0n) is 23.5. The molecule has 210 valence electrons. The van der Waals surface area contributed by atoms with Gasteiger partial charge in [-0.3, -0.25) is 9.29 Å². The Labute approximate surface area is 228 Å². The Morgan fingerprint density at radius 1 is 1.24 bits per heavy atom. The Morgan fingerprint density at radius 2 is 2.00 bits per heavy atom. The number of nitrogens with two attached hydrogens (primary N) is 1. The van der Waals surface area contributed by atoms with Crippen LogP contribution in [0.4, 0.5) is 14.5 Å². The van der Waals surface area contributed by atoms with Crippen molar-refractivity contribution in [1.29, 1.82) is 5.41 Å². The van der Waals surface area contributed by atoms with Gasteiger partial charge < -0.3 is 21.4 Å². The number of hydrogen-bond donors (Lipinski definition) is 3. The number of nitrogen functional groups attached to an aromatic ring is 1. The zero-order chi connectivity index (χ0) is 27.3. The molecule has 5 rings (SSSR count). The third-order valence-electron chi connectivity index (χ3n) is 8.35. The molecule has 1 aromatic rings. The summed E-state index contributed by atoms with van der Waals surface area (Å²) in [5.74, 6) is 0. The summed E-state index contributed by atoms with van der Waals surface area (Å²) >= 11 is 0. The second kappa shape index (κ2) is 12.8. The topological polar surface area (TPSA) is 68.4 Å². The van der Waals surface area contributed by atoms with Gasteiger partial charge in [-0.2, -0.15) is 0 Å². The van der Waals surface area contributed by atoms with E-state index in [1.54, 1.807) is 0 Å². The van der Waals surface area contributed by atoms with Crippen molar-refractivity contribution in [1.82, 2.24) is 15.1 Å². The van der Waals surface area contributed by atoms with Crippen LogP contribution in [-0.2, 0) is 6.42 Å². The van der Waals surface area contributed by atoms with E-state index < -0.39 is 5.67 Å². The fraction of sp³-hybridized carbons (Fsp3) is 0.645. The molecule has 2 aliphatic heterocycles. The molecule has 2 aliphatic carbocycles. The van der Waals surface area contributed by atoms with E-state index in [2.05, 4.69) is 40.3 Å². The monoisotopic (exact) mass is 527 g/mol. The molecule has 0 bridgehead atoms. The first kappa shape index (κ1) is 28.9. The first-order chi connectivity index (χ1) is 18.4. The van der Waals surface area contributed by atoms with Crippen LogP contribution in [0.25, 0.3) is 0 Å². The van der Waals surface area contributed by atoms with E-state index in [4.69, 9.17) is 11.1 Å². The first-order valence-corrected chi connectivity index (χ1v) is 14.7. The molecule has 0 amide bonds. The lowest BCUT2D eigenvalue weighted by Gasteiger charge is -2.43. The van der Waals surface area contributed by atoms with Gasteiger partial charge in [0.05, 0.1) is 12.7 Å². The molecule has 0 radical (unpaired) electrons. The van der Waals surface area contributed by atoms with E-state index in [1.807, 2.05) is 19.9 Å². The van der Waals surface area contributed by atoms with Crippen molar-refractivity contribution in [3.8, 4) is 0 Å². The number of fused-ring (bicyclic) bond motifs is 1. The number of benzene rings is 1. The van der Waals surface area contributed by atoms with Crippen molar-refractivity contribution in [2.45, 2.75) is 89.5 Å². The van der Waals surface area contributed by atoms with Gasteiger partial charge in [0, 0.05) is 62.3 Å². The predicted octanol–water partition coefficient (Wildman–Crippen LogP) is 5.75. The number of alkyl halides is 2. The lowest BCUT2D eigenvalue weighted by Crippen LogP contribution is -2.60. The quantitative estimate of drug-likeness (QED) is 0.253. The van der Waals surface area contributed by atoms with Crippen molar-refractivity contribution >= 4 is 11.9 Å². The standard InChI is InChI=1S/C29H41F2N5.C2H6/c1-2-4-20-15-21(34-22-17-35(18-22)13-3-12-30)5-6-23(20)28-25-7-8-27(33)26(16-32)24(25)9-14-36(28)19-29(31)10-11-29;1-2/h6-8,15-16,21-22,28,32,34H,2-5,9-14,17-19,33H2,1H3;1-2H3. The van der Waals surface area contributed by atoms with E-state index in [-0.39, 0.29) is 12.7 Å². The maximum atomic E-state index is 15.0. The van der Waals surface area contributed by atoms with Gasteiger partial charge in [0.2, 0.25) is 0 Å². The maximum absolute atomic E-state index is 15.0. The van der Waals surface area contributed by atoms with Gasteiger partial charge in [0.1, 0.15) is 5.67 Å². The molecule has 2 atom stereocenters. The number of halogens is 2. The smallest absolute Gasteiger partial charge is 0.123 e. The Kier molecular flexibility index (Phi) is 9.77. The van der Waals surface area contributed by atoms with Gasteiger partial charge in [-0.15, -0.1) is 0 Å². The average Bonchev–Trinajstić information content (AvgIpc) is 3.63. The molecule has 2 heterocycles. The van der Waals surface area contributed by atoms with Gasteiger partial charge in [0.25, 0.3) is 0 Å². The minimum Gasteiger partial charge on any atom is -0.398 e. The molecule has 0 aromatic heterocycles. The van der Waals surface area contributed by atoms with Gasteiger partial charge >= 0.3 is 0 Å². The summed E-state index contributed by atoms with van der Waals surface area (Å²) in [4.78, 5) is 4.66. The van der Waals surface area contributed by atoms with Gasteiger partial charge in [-0.05, 0) is 66.9 Å². The molecule has 2 unspecified atom stereocenters. The summed E-state index contributed by atoms with van der Waals surface area (Å²) < 4.78 is 27.5.